The summed E-state index contributed by atoms with van der Waals surface area (Å²) in [5.74, 6) is 0.783. The molecular weight excluding hydrogens is 315 g/mol. The molecular formula is C21H25FN2O. The van der Waals surface area contributed by atoms with Gasteiger partial charge in [-0.1, -0.05) is 36.8 Å². The van der Waals surface area contributed by atoms with Gasteiger partial charge in [0.2, 0.25) is 0 Å². The lowest BCUT2D eigenvalue weighted by Crippen LogP contribution is -2.14. The van der Waals surface area contributed by atoms with Crippen molar-refractivity contribution < 1.29 is 9.50 Å². The molecule has 0 saturated heterocycles. The first-order valence-corrected chi connectivity index (χ1v) is 9.05. The summed E-state index contributed by atoms with van der Waals surface area (Å²) in [7, 11) is 0. The summed E-state index contributed by atoms with van der Waals surface area (Å²) >= 11 is 0. The molecule has 1 aromatic carbocycles. The number of nitrogens with one attached hydrogen (secondary N) is 1. The van der Waals surface area contributed by atoms with Crippen LogP contribution < -0.4 is 5.32 Å². The number of fused-ring (bicyclic) bond motifs is 1. The van der Waals surface area contributed by atoms with Gasteiger partial charge in [0.25, 0.3) is 0 Å². The minimum Gasteiger partial charge on any atom is -0.389 e. The van der Waals surface area contributed by atoms with E-state index in [0.717, 1.165) is 49.3 Å². The minimum absolute atomic E-state index is 0.260. The van der Waals surface area contributed by atoms with Gasteiger partial charge in [0.05, 0.1) is 6.10 Å². The van der Waals surface area contributed by atoms with E-state index in [-0.39, 0.29) is 5.82 Å². The highest BCUT2D eigenvalue weighted by Crippen LogP contribution is 2.20. The standard InChI is InChI=1S/C21H25FN2O/c22-18-7-3-5-16(15-18)10-13-20(25)9-2-1-8-19-12-11-17-6-4-14-23-21(17)24-19/h3,5,7,10-13,15,20,25H,1-2,4,6,8-9,14H2,(H,23,24)/b13-10+/t20-/m1/s1. The van der Waals surface area contributed by atoms with Crippen LogP contribution in [0.4, 0.5) is 10.2 Å². The van der Waals surface area contributed by atoms with Crippen LogP contribution in [-0.4, -0.2) is 22.7 Å². The monoisotopic (exact) mass is 340 g/mol. The van der Waals surface area contributed by atoms with E-state index in [0.29, 0.717) is 6.42 Å². The summed E-state index contributed by atoms with van der Waals surface area (Å²) in [5, 5.41) is 13.4. The van der Waals surface area contributed by atoms with Crippen molar-refractivity contribution >= 4 is 11.9 Å². The van der Waals surface area contributed by atoms with E-state index in [1.165, 1.54) is 24.1 Å². The van der Waals surface area contributed by atoms with Crippen molar-refractivity contribution in [2.24, 2.45) is 0 Å². The number of unbranched alkanes of at least 4 members (excludes halogenated alkanes) is 1. The minimum atomic E-state index is -0.499. The smallest absolute Gasteiger partial charge is 0.129 e. The van der Waals surface area contributed by atoms with Gasteiger partial charge in [0.15, 0.2) is 0 Å². The van der Waals surface area contributed by atoms with Crippen molar-refractivity contribution in [3.05, 3.63) is 65.1 Å². The van der Waals surface area contributed by atoms with E-state index >= 15 is 0 Å². The lowest BCUT2D eigenvalue weighted by atomic mass is 10.0. The van der Waals surface area contributed by atoms with E-state index < -0.39 is 6.10 Å². The maximum absolute atomic E-state index is 13.1. The zero-order chi connectivity index (χ0) is 17.5. The van der Waals surface area contributed by atoms with E-state index in [9.17, 15) is 9.50 Å². The van der Waals surface area contributed by atoms with Crippen molar-refractivity contribution in [1.29, 1.82) is 0 Å². The Morgan fingerprint density at radius 1 is 1.24 bits per heavy atom. The second kappa shape index (κ2) is 8.77. The molecule has 0 saturated carbocycles. The molecule has 2 heterocycles. The van der Waals surface area contributed by atoms with Gasteiger partial charge in [0, 0.05) is 12.2 Å². The Hall–Kier alpha value is -2.20. The summed E-state index contributed by atoms with van der Waals surface area (Å²) in [6, 6.07) is 10.7. The zero-order valence-electron chi connectivity index (χ0n) is 14.4. The second-order valence-corrected chi connectivity index (χ2v) is 6.57. The zero-order valence-corrected chi connectivity index (χ0v) is 14.4. The van der Waals surface area contributed by atoms with Crippen LogP contribution >= 0.6 is 0 Å². The molecule has 0 spiro atoms. The Kier molecular flexibility index (Phi) is 6.18. The van der Waals surface area contributed by atoms with Crippen molar-refractivity contribution in [3.63, 3.8) is 0 Å². The first kappa shape index (κ1) is 17.6. The van der Waals surface area contributed by atoms with Crippen molar-refractivity contribution in [3.8, 4) is 0 Å². The molecule has 4 heteroatoms. The number of hydrogen-bond acceptors (Lipinski definition) is 3. The molecule has 1 aliphatic heterocycles. The first-order chi connectivity index (χ1) is 12.2. The van der Waals surface area contributed by atoms with Crippen molar-refractivity contribution in [2.75, 3.05) is 11.9 Å². The Morgan fingerprint density at radius 2 is 2.16 bits per heavy atom. The summed E-state index contributed by atoms with van der Waals surface area (Å²) < 4.78 is 13.1. The fourth-order valence-corrected chi connectivity index (χ4v) is 3.10. The Labute approximate surface area is 148 Å². The number of aliphatic hydroxyl groups is 1. The molecule has 3 rings (SSSR count). The van der Waals surface area contributed by atoms with Gasteiger partial charge >= 0.3 is 0 Å². The molecule has 0 unspecified atom stereocenters. The number of pyridine rings is 1. The van der Waals surface area contributed by atoms with Crippen LogP contribution in [0.25, 0.3) is 6.08 Å². The molecule has 1 aliphatic rings. The number of aliphatic hydroxyl groups excluding tert-OH is 1. The molecule has 0 fully saturated rings. The van der Waals surface area contributed by atoms with Crippen molar-refractivity contribution in [1.82, 2.24) is 4.98 Å². The van der Waals surface area contributed by atoms with E-state index in [2.05, 4.69) is 17.4 Å². The lowest BCUT2D eigenvalue weighted by Gasteiger charge is -2.17. The molecule has 3 nitrogen and oxygen atoms in total. The summed E-state index contributed by atoms with van der Waals surface area (Å²) in [4.78, 5) is 4.69. The van der Waals surface area contributed by atoms with Crippen LogP contribution in [0.5, 0.6) is 0 Å². The third-order valence-corrected chi connectivity index (χ3v) is 4.49. The van der Waals surface area contributed by atoms with Gasteiger partial charge in [-0.05, 0) is 61.4 Å². The molecule has 0 bridgehead atoms. The molecule has 132 valence electrons. The predicted molar refractivity (Wildman–Crippen MR) is 100 cm³/mol. The third kappa shape index (κ3) is 5.40. The van der Waals surface area contributed by atoms with Gasteiger partial charge in [-0.3, -0.25) is 0 Å². The Morgan fingerprint density at radius 3 is 3.04 bits per heavy atom. The van der Waals surface area contributed by atoms with Crippen LogP contribution in [0.2, 0.25) is 0 Å². The number of hydrogen-bond donors (Lipinski definition) is 2. The molecule has 1 aromatic heterocycles. The summed E-state index contributed by atoms with van der Waals surface area (Å²) in [6.07, 6.45) is 8.85. The summed E-state index contributed by atoms with van der Waals surface area (Å²) in [6.45, 7) is 1.01. The van der Waals surface area contributed by atoms with Crippen molar-refractivity contribution in [2.45, 2.75) is 44.6 Å². The van der Waals surface area contributed by atoms with Gasteiger partial charge in [0.1, 0.15) is 11.6 Å². The maximum atomic E-state index is 13.1. The largest absolute Gasteiger partial charge is 0.389 e. The molecule has 25 heavy (non-hydrogen) atoms. The second-order valence-electron chi connectivity index (χ2n) is 6.57. The van der Waals surface area contributed by atoms with Crippen LogP contribution in [0, 0.1) is 5.82 Å². The fourth-order valence-electron chi connectivity index (χ4n) is 3.10. The number of halogens is 1. The molecule has 0 amide bonds. The maximum Gasteiger partial charge on any atom is 0.129 e. The van der Waals surface area contributed by atoms with Crippen LogP contribution in [0.1, 0.15) is 42.5 Å². The molecule has 2 aromatic rings. The average molecular weight is 340 g/mol. The van der Waals surface area contributed by atoms with Gasteiger partial charge in [-0.25, -0.2) is 9.37 Å². The van der Waals surface area contributed by atoms with E-state index in [4.69, 9.17) is 4.98 Å². The van der Waals surface area contributed by atoms with Crippen LogP contribution in [0.15, 0.2) is 42.5 Å². The molecule has 0 radical (unpaired) electrons. The average Bonchev–Trinajstić information content (AvgIpc) is 2.63. The normalized spacial score (nSPS) is 15.0. The van der Waals surface area contributed by atoms with Gasteiger partial charge < -0.3 is 10.4 Å². The number of aromatic nitrogens is 1. The molecule has 2 N–H and O–H groups in total. The van der Waals surface area contributed by atoms with E-state index in [1.54, 1.807) is 18.2 Å². The number of benzene rings is 1. The predicted octanol–water partition coefficient (Wildman–Crippen LogP) is 4.37. The first-order valence-electron chi connectivity index (χ1n) is 9.05. The number of nitrogens with zero attached hydrogens (tertiary/aromatic N) is 1. The number of aryl methyl sites for hydroxylation is 2. The summed E-state index contributed by atoms with van der Waals surface area (Å²) in [5.41, 5.74) is 3.19. The van der Waals surface area contributed by atoms with Gasteiger partial charge in [-0.15, -0.1) is 0 Å². The van der Waals surface area contributed by atoms with Gasteiger partial charge in [-0.2, -0.15) is 0 Å². The quantitative estimate of drug-likeness (QED) is 0.736. The third-order valence-electron chi connectivity index (χ3n) is 4.49. The topological polar surface area (TPSA) is 45.2 Å². The fraction of sp³-hybridized carbons (Fsp3) is 0.381. The number of anilines is 1. The SMILES string of the molecule is O[C@@H](/C=C/c1cccc(F)c1)CCCCc1ccc2c(n1)NCCC2. The molecule has 0 aliphatic carbocycles. The van der Waals surface area contributed by atoms with E-state index in [1.807, 2.05) is 6.07 Å². The molecule has 1 atom stereocenters. The lowest BCUT2D eigenvalue weighted by molar-refractivity contribution is 0.209. The highest BCUT2D eigenvalue weighted by Gasteiger charge is 2.10. The van der Waals surface area contributed by atoms with Crippen LogP contribution in [-0.2, 0) is 12.8 Å². The highest BCUT2D eigenvalue weighted by atomic mass is 19.1. The number of rotatable bonds is 7. The highest BCUT2D eigenvalue weighted by molar-refractivity contribution is 5.49. The van der Waals surface area contributed by atoms with Crippen LogP contribution in [0.3, 0.4) is 0 Å². The Balaban J connectivity index is 1.40. The Bertz CT molecular complexity index is 730.